The van der Waals surface area contributed by atoms with Crippen LogP contribution in [-0.4, -0.2) is 38.9 Å². The standard InChI is InChI=1S/C22H16FN5O3/c23-16-6-3-5-15(12-16)21-26-25-19-8-9-20(27-28(19)21)30-11-10-24-22(29)18-13-14-4-1-2-7-17(14)31-18/h1-9,12-13H,10-11H2,(H,24,29). The molecule has 0 radical (unpaired) electrons. The molecule has 0 aliphatic heterocycles. The highest BCUT2D eigenvalue weighted by Gasteiger charge is 2.13. The van der Waals surface area contributed by atoms with Crippen LogP contribution in [0, 0.1) is 5.82 Å². The molecule has 3 heterocycles. The van der Waals surface area contributed by atoms with Crippen molar-refractivity contribution in [2.45, 2.75) is 0 Å². The number of carbonyl (C=O) groups is 1. The minimum absolute atomic E-state index is 0.196. The first-order valence-corrected chi connectivity index (χ1v) is 9.55. The van der Waals surface area contributed by atoms with Gasteiger partial charge < -0.3 is 14.5 Å². The molecule has 1 amide bonds. The minimum Gasteiger partial charge on any atom is -0.475 e. The third kappa shape index (κ3) is 3.80. The van der Waals surface area contributed by atoms with Crippen molar-refractivity contribution in [1.29, 1.82) is 0 Å². The van der Waals surface area contributed by atoms with Gasteiger partial charge in [-0.15, -0.1) is 15.3 Å². The zero-order valence-corrected chi connectivity index (χ0v) is 16.2. The second-order valence-electron chi connectivity index (χ2n) is 6.73. The molecule has 5 aromatic rings. The Morgan fingerprint density at radius 2 is 1.97 bits per heavy atom. The summed E-state index contributed by atoms with van der Waals surface area (Å²) >= 11 is 0. The van der Waals surface area contributed by atoms with Gasteiger partial charge in [-0.05, 0) is 30.3 Å². The first-order valence-electron chi connectivity index (χ1n) is 9.55. The minimum atomic E-state index is -0.373. The maximum absolute atomic E-state index is 13.5. The molecular formula is C22H16FN5O3. The van der Waals surface area contributed by atoms with E-state index in [9.17, 15) is 9.18 Å². The van der Waals surface area contributed by atoms with Crippen molar-refractivity contribution in [3.05, 3.63) is 78.3 Å². The number of para-hydroxylation sites is 1. The summed E-state index contributed by atoms with van der Waals surface area (Å²) in [7, 11) is 0. The van der Waals surface area contributed by atoms with Gasteiger partial charge in [-0.25, -0.2) is 4.39 Å². The number of aromatic nitrogens is 4. The molecule has 0 bridgehead atoms. The Balaban J connectivity index is 1.23. The van der Waals surface area contributed by atoms with Gasteiger partial charge in [0, 0.05) is 17.0 Å². The van der Waals surface area contributed by atoms with E-state index in [1.807, 2.05) is 18.2 Å². The van der Waals surface area contributed by atoms with Crippen molar-refractivity contribution in [2.75, 3.05) is 13.2 Å². The summed E-state index contributed by atoms with van der Waals surface area (Å²) in [4.78, 5) is 12.3. The molecule has 1 N–H and O–H groups in total. The largest absolute Gasteiger partial charge is 0.475 e. The molecule has 0 atom stereocenters. The number of benzene rings is 2. The third-order valence-electron chi connectivity index (χ3n) is 4.61. The molecule has 5 rings (SSSR count). The first kappa shape index (κ1) is 18.7. The molecule has 8 nitrogen and oxygen atoms in total. The number of halogens is 1. The summed E-state index contributed by atoms with van der Waals surface area (Å²) in [5, 5.41) is 16.1. The van der Waals surface area contributed by atoms with Gasteiger partial charge in [-0.2, -0.15) is 4.52 Å². The van der Waals surface area contributed by atoms with Crippen LogP contribution in [0.15, 0.2) is 71.1 Å². The van der Waals surface area contributed by atoms with Gasteiger partial charge in [0.2, 0.25) is 5.88 Å². The van der Waals surface area contributed by atoms with Gasteiger partial charge in [0.25, 0.3) is 5.91 Å². The Hall–Kier alpha value is -4.27. The average Bonchev–Trinajstić information content (AvgIpc) is 3.40. The second kappa shape index (κ2) is 7.86. The summed E-state index contributed by atoms with van der Waals surface area (Å²) in [6.45, 7) is 0.455. The maximum Gasteiger partial charge on any atom is 0.287 e. The van der Waals surface area contributed by atoms with Gasteiger partial charge in [0.15, 0.2) is 17.2 Å². The van der Waals surface area contributed by atoms with Crippen molar-refractivity contribution in [3.63, 3.8) is 0 Å². The zero-order chi connectivity index (χ0) is 21.2. The van der Waals surface area contributed by atoms with Crippen molar-refractivity contribution >= 4 is 22.5 Å². The summed E-state index contributed by atoms with van der Waals surface area (Å²) in [5.74, 6) is 0.267. The number of amides is 1. The van der Waals surface area contributed by atoms with Crippen molar-refractivity contribution in [1.82, 2.24) is 25.1 Å². The van der Waals surface area contributed by atoms with Crippen molar-refractivity contribution < 1.29 is 18.3 Å². The van der Waals surface area contributed by atoms with E-state index in [1.165, 1.54) is 16.6 Å². The van der Waals surface area contributed by atoms with Crippen LogP contribution in [0.3, 0.4) is 0 Å². The molecule has 31 heavy (non-hydrogen) atoms. The van der Waals surface area contributed by atoms with Crippen LogP contribution in [-0.2, 0) is 0 Å². The van der Waals surface area contributed by atoms with Gasteiger partial charge in [0.05, 0.1) is 6.54 Å². The highest BCUT2D eigenvalue weighted by Crippen LogP contribution is 2.20. The summed E-state index contributed by atoms with van der Waals surface area (Å²) in [6.07, 6.45) is 0. The lowest BCUT2D eigenvalue weighted by molar-refractivity contribution is 0.0921. The Labute approximate surface area is 175 Å². The van der Waals surface area contributed by atoms with E-state index in [-0.39, 0.29) is 30.6 Å². The average molecular weight is 417 g/mol. The molecule has 0 spiro atoms. The second-order valence-corrected chi connectivity index (χ2v) is 6.73. The smallest absolute Gasteiger partial charge is 0.287 e. The van der Waals surface area contributed by atoms with Gasteiger partial charge in [-0.3, -0.25) is 4.79 Å². The Morgan fingerprint density at radius 1 is 1.06 bits per heavy atom. The van der Waals surface area contributed by atoms with E-state index in [2.05, 4.69) is 20.6 Å². The van der Waals surface area contributed by atoms with Crippen LogP contribution in [0.4, 0.5) is 4.39 Å². The van der Waals surface area contributed by atoms with Crippen LogP contribution in [0.5, 0.6) is 5.88 Å². The van der Waals surface area contributed by atoms with E-state index in [0.29, 0.717) is 28.5 Å². The predicted molar refractivity (Wildman–Crippen MR) is 110 cm³/mol. The number of carbonyl (C=O) groups excluding carboxylic acids is 1. The van der Waals surface area contributed by atoms with Crippen LogP contribution in [0.25, 0.3) is 28.0 Å². The van der Waals surface area contributed by atoms with Crippen LogP contribution in [0.2, 0.25) is 0 Å². The molecule has 0 aliphatic carbocycles. The summed E-state index contributed by atoms with van der Waals surface area (Å²) in [5.41, 5.74) is 1.71. The number of hydrogen-bond donors (Lipinski definition) is 1. The fourth-order valence-electron chi connectivity index (χ4n) is 3.16. The molecule has 3 aromatic heterocycles. The predicted octanol–water partition coefficient (Wildman–Crippen LogP) is 3.49. The number of nitrogens with zero attached hydrogens (tertiary/aromatic N) is 4. The number of ether oxygens (including phenoxy) is 1. The molecule has 0 unspecified atom stereocenters. The fourth-order valence-corrected chi connectivity index (χ4v) is 3.16. The van der Waals surface area contributed by atoms with Crippen LogP contribution >= 0.6 is 0 Å². The topological polar surface area (TPSA) is 94.5 Å². The number of rotatable bonds is 6. The highest BCUT2D eigenvalue weighted by molar-refractivity contribution is 5.96. The Morgan fingerprint density at radius 3 is 2.84 bits per heavy atom. The lowest BCUT2D eigenvalue weighted by Gasteiger charge is -2.07. The SMILES string of the molecule is O=C(NCCOc1ccc2nnc(-c3cccc(F)c3)n2n1)c1cc2ccccc2o1. The molecule has 9 heteroatoms. The van der Waals surface area contributed by atoms with Crippen LogP contribution in [0.1, 0.15) is 10.6 Å². The fraction of sp³-hybridized carbons (Fsp3) is 0.0909. The zero-order valence-electron chi connectivity index (χ0n) is 16.2. The quantitative estimate of drug-likeness (QED) is 0.425. The molecule has 0 fully saturated rings. The lowest BCUT2D eigenvalue weighted by Crippen LogP contribution is -2.27. The number of hydrogen-bond acceptors (Lipinski definition) is 6. The van der Waals surface area contributed by atoms with Crippen molar-refractivity contribution in [3.8, 4) is 17.3 Å². The molecule has 0 aliphatic rings. The lowest BCUT2D eigenvalue weighted by atomic mass is 10.2. The molecule has 0 saturated carbocycles. The van der Waals surface area contributed by atoms with Crippen molar-refractivity contribution in [2.24, 2.45) is 0 Å². The molecule has 2 aromatic carbocycles. The van der Waals surface area contributed by atoms with Gasteiger partial charge in [0.1, 0.15) is 18.0 Å². The number of fused-ring (bicyclic) bond motifs is 2. The Kier molecular flexibility index (Phi) is 4.75. The van der Waals surface area contributed by atoms with E-state index in [1.54, 1.807) is 36.4 Å². The van der Waals surface area contributed by atoms with E-state index in [0.717, 1.165) is 5.39 Å². The summed E-state index contributed by atoms with van der Waals surface area (Å²) < 4.78 is 26.2. The van der Waals surface area contributed by atoms with Gasteiger partial charge >= 0.3 is 0 Å². The maximum atomic E-state index is 13.5. The summed E-state index contributed by atoms with van der Waals surface area (Å²) in [6, 6.07) is 18.5. The molecular weight excluding hydrogens is 401 g/mol. The van der Waals surface area contributed by atoms with E-state index < -0.39 is 0 Å². The van der Waals surface area contributed by atoms with Crippen LogP contribution < -0.4 is 10.1 Å². The van der Waals surface area contributed by atoms with E-state index >= 15 is 0 Å². The third-order valence-corrected chi connectivity index (χ3v) is 4.61. The first-order chi connectivity index (χ1) is 15.2. The highest BCUT2D eigenvalue weighted by atomic mass is 19.1. The molecule has 0 saturated heterocycles. The number of furan rings is 1. The number of nitrogens with one attached hydrogen (secondary N) is 1. The molecule has 154 valence electrons. The normalized spacial score (nSPS) is 11.1. The van der Waals surface area contributed by atoms with E-state index in [4.69, 9.17) is 9.15 Å². The Bertz CT molecular complexity index is 1360. The van der Waals surface area contributed by atoms with Gasteiger partial charge in [-0.1, -0.05) is 30.3 Å². The monoisotopic (exact) mass is 417 g/mol.